The number of nitro groups is 1. The van der Waals surface area contributed by atoms with Gasteiger partial charge in [-0.25, -0.2) is 18.1 Å². The number of hydrogen-bond acceptors (Lipinski definition) is 6. The molecule has 0 bridgehead atoms. The number of sulfonamides is 1. The fourth-order valence-electron chi connectivity index (χ4n) is 2.62. The lowest BCUT2D eigenvalue weighted by molar-refractivity contribution is -0.384. The highest BCUT2D eigenvalue weighted by Crippen LogP contribution is 2.29. The molecule has 9 nitrogen and oxygen atoms in total. The first-order valence-electron chi connectivity index (χ1n) is 6.88. The molecule has 0 spiro atoms. The van der Waals surface area contributed by atoms with Crippen LogP contribution in [-0.2, 0) is 23.0 Å². The molecule has 0 saturated carbocycles. The Bertz CT molecular complexity index is 840. The maximum Gasteiger partial charge on any atom is 0.293 e. The zero-order chi connectivity index (χ0) is 16.6. The number of anilines is 1. The molecular formula is C13H15N5O4S. The van der Waals surface area contributed by atoms with E-state index < -0.39 is 14.9 Å². The molecule has 2 aromatic rings. The predicted molar refractivity (Wildman–Crippen MR) is 82.7 cm³/mol. The van der Waals surface area contributed by atoms with Crippen molar-refractivity contribution in [3.63, 3.8) is 0 Å². The second-order valence-electron chi connectivity index (χ2n) is 5.23. The van der Waals surface area contributed by atoms with Gasteiger partial charge in [-0.2, -0.15) is 0 Å². The van der Waals surface area contributed by atoms with Crippen molar-refractivity contribution in [3.05, 3.63) is 46.5 Å². The molecule has 122 valence electrons. The lowest BCUT2D eigenvalue weighted by Crippen LogP contribution is -2.22. The number of fused-ring (bicyclic) bond motifs is 1. The van der Waals surface area contributed by atoms with Gasteiger partial charge in [-0.05, 0) is 19.2 Å². The SMILES string of the molecule is CNS(=O)(=O)c1ccc(NC2Cc3cncn3C2)c([N+](=O)[O-])c1. The number of nitrogens with zero attached hydrogens (tertiary/aromatic N) is 3. The van der Waals surface area contributed by atoms with Crippen LogP contribution < -0.4 is 10.0 Å². The molecule has 1 aliphatic rings. The third-order valence-corrected chi connectivity index (χ3v) is 5.19. The normalized spacial score (nSPS) is 17.0. The zero-order valence-corrected chi connectivity index (χ0v) is 13.1. The van der Waals surface area contributed by atoms with E-state index in [-0.39, 0.29) is 16.6 Å². The molecule has 0 aliphatic carbocycles. The number of nitrogens with one attached hydrogen (secondary N) is 2. The second-order valence-corrected chi connectivity index (χ2v) is 7.11. The lowest BCUT2D eigenvalue weighted by atomic mass is 10.2. The fraction of sp³-hybridized carbons (Fsp3) is 0.308. The quantitative estimate of drug-likeness (QED) is 0.613. The molecule has 1 unspecified atom stereocenters. The van der Waals surface area contributed by atoms with E-state index in [9.17, 15) is 18.5 Å². The number of hydrogen-bond donors (Lipinski definition) is 2. The lowest BCUT2D eigenvalue weighted by Gasteiger charge is -2.14. The summed E-state index contributed by atoms with van der Waals surface area (Å²) in [5.74, 6) is 0. The highest BCUT2D eigenvalue weighted by molar-refractivity contribution is 7.89. The van der Waals surface area contributed by atoms with E-state index in [0.717, 1.165) is 11.8 Å². The fourth-order valence-corrected chi connectivity index (χ4v) is 3.37. The highest BCUT2D eigenvalue weighted by atomic mass is 32.2. The first-order chi connectivity index (χ1) is 10.9. The van der Waals surface area contributed by atoms with Gasteiger partial charge in [-0.15, -0.1) is 0 Å². The van der Waals surface area contributed by atoms with Crippen LogP contribution >= 0.6 is 0 Å². The molecule has 1 atom stereocenters. The van der Waals surface area contributed by atoms with Crippen molar-refractivity contribution in [2.75, 3.05) is 12.4 Å². The van der Waals surface area contributed by atoms with Crippen molar-refractivity contribution in [2.45, 2.75) is 23.9 Å². The van der Waals surface area contributed by atoms with Crippen molar-refractivity contribution in [1.82, 2.24) is 14.3 Å². The molecule has 10 heteroatoms. The van der Waals surface area contributed by atoms with Crippen LogP contribution in [0.3, 0.4) is 0 Å². The molecule has 0 radical (unpaired) electrons. The maximum absolute atomic E-state index is 11.8. The molecule has 2 heterocycles. The number of aromatic nitrogens is 2. The van der Waals surface area contributed by atoms with Crippen molar-refractivity contribution in [1.29, 1.82) is 0 Å². The van der Waals surface area contributed by atoms with Gasteiger partial charge in [0.2, 0.25) is 10.0 Å². The number of benzene rings is 1. The maximum atomic E-state index is 11.8. The minimum atomic E-state index is -3.73. The van der Waals surface area contributed by atoms with Crippen molar-refractivity contribution in [3.8, 4) is 0 Å². The molecule has 0 fully saturated rings. The summed E-state index contributed by atoms with van der Waals surface area (Å²) < 4.78 is 27.7. The van der Waals surface area contributed by atoms with Crippen molar-refractivity contribution in [2.24, 2.45) is 0 Å². The average Bonchev–Trinajstić information content (AvgIpc) is 3.08. The van der Waals surface area contributed by atoms with E-state index in [2.05, 4.69) is 15.0 Å². The molecule has 1 aromatic carbocycles. The van der Waals surface area contributed by atoms with E-state index in [4.69, 9.17) is 0 Å². The van der Waals surface area contributed by atoms with Crippen LogP contribution in [0.2, 0.25) is 0 Å². The van der Waals surface area contributed by atoms with Gasteiger partial charge in [0.1, 0.15) is 5.69 Å². The van der Waals surface area contributed by atoms with Crippen LogP contribution in [0.25, 0.3) is 0 Å². The van der Waals surface area contributed by atoms with Crippen molar-refractivity contribution >= 4 is 21.4 Å². The molecule has 1 aromatic heterocycles. The molecular weight excluding hydrogens is 322 g/mol. The monoisotopic (exact) mass is 337 g/mol. The number of imidazole rings is 1. The summed E-state index contributed by atoms with van der Waals surface area (Å²) in [5, 5.41) is 14.4. The first kappa shape index (κ1) is 15.4. The Labute approximate surface area is 132 Å². The van der Waals surface area contributed by atoms with Gasteiger partial charge in [0.15, 0.2) is 0 Å². The van der Waals surface area contributed by atoms with Crippen LogP contribution in [-0.4, -0.2) is 36.0 Å². The van der Waals surface area contributed by atoms with E-state index in [1.807, 2.05) is 4.57 Å². The Balaban J connectivity index is 1.88. The minimum Gasteiger partial charge on any atom is -0.375 e. The predicted octanol–water partition coefficient (Wildman–Crippen LogP) is 0.736. The molecule has 23 heavy (non-hydrogen) atoms. The highest BCUT2D eigenvalue weighted by Gasteiger charge is 2.25. The van der Waals surface area contributed by atoms with Gasteiger partial charge in [-0.3, -0.25) is 10.1 Å². The number of nitro benzene ring substituents is 1. The molecule has 2 N–H and O–H groups in total. The van der Waals surface area contributed by atoms with Gasteiger partial charge >= 0.3 is 0 Å². The average molecular weight is 337 g/mol. The van der Waals surface area contributed by atoms with Crippen LogP contribution in [0.15, 0.2) is 35.6 Å². The van der Waals surface area contributed by atoms with Crippen LogP contribution in [0, 0.1) is 10.1 Å². The van der Waals surface area contributed by atoms with Crippen LogP contribution in [0.5, 0.6) is 0 Å². The van der Waals surface area contributed by atoms with Gasteiger partial charge in [-0.1, -0.05) is 0 Å². The molecule has 1 aliphatic heterocycles. The Morgan fingerprint density at radius 1 is 1.43 bits per heavy atom. The summed E-state index contributed by atoms with van der Waals surface area (Å²) in [5.41, 5.74) is 1.09. The van der Waals surface area contributed by atoms with Crippen LogP contribution in [0.1, 0.15) is 5.69 Å². The summed E-state index contributed by atoms with van der Waals surface area (Å²) >= 11 is 0. The molecule has 3 rings (SSSR count). The summed E-state index contributed by atoms with van der Waals surface area (Å²) in [4.78, 5) is 14.6. The summed E-state index contributed by atoms with van der Waals surface area (Å²) in [6.07, 6.45) is 4.18. The topological polar surface area (TPSA) is 119 Å². The first-order valence-corrected chi connectivity index (χ1v) is 8.36. The Morgan fingerprint density at radius 2 is 2.22 bits per heavy atom. The van der Waals surface area contributed by atoms with Gasteiger partial charge in [0, 0.05) is 37.0 Å². The Hall–Kier alpha value is -2.46. The molecule has 0 amide bonds. The Kier molecular flexibility index (Phi) is 3.78. The van der Waals surface area contributed by atoms with E-state index in [1.165, 1.54) is 19.2 Å². The third-order valence-electron chi connectivity index (χ3n) is 3.78. The Morgan fingerprint density at radius 3 is 2.87 bits per heavy atom. The molecule has 0 saturated heterocycles. The summed E-state index contributed by atoms with van der Waals surface area (Å²) in [6, 6.07) is 3.83. The standard InChI is InChI=1S/C13H15N5O4S/c1-14-23(21,22)11-2-3-12(13(5-11)18(19)20)16-9-4-10-6-15-8-17(10)7-9/h2-3,5-6,8-9,14,16H,4,7H2,1H3. The second kappa shape index (κ2) is 5.63. The van der Waals surface area contributed by atoms with Gasteiger partial charge in [0.25, 0.3) is 5.69 Å². The van der Waals surface area contributed by atoms with Gasteiger partial charge in [0.05, 0.1) is 16.1 Å². The smallest absolute Gasteiger partial charge is 0.293 e. The van der Waals surface area contributed by atoms with E-state index in [0.29, 0.717) is 18.7 Å². The number of rotatable bonds is 5. The summed E-state index contributed by atoms with van der Waals surface area (Å²) in [6.45, 7) is 0.656. The largest absolute Gasteiger partial charge is 0.375 e. The van der Waals surface area contributed by atoms with Crippen LogP contribution in [0.4, 0.5) is 11.4 Å². The van der Waals surface area contributed by atoms with E-state index >= 15 is 0 Å². The minimum absolute atomic E-state index is 0.00143. The summed E-state index contributed by atoms with van der Waals surface area (Å²) in [7, 11) is -2.47. The third kappa shape index (κ3) is 2.90. The van der Waals surface area contributed by atoms with Gasteiger partial charge < -0.3 is 9.88 Å². The van der Waals surface area contributed by atoms with E-state index in [1.54, 1.807) is 12.5 Å². The zero-order valence-electron chi connectivity index (χ0n) is 12.3. The van der Waals surface area contributed by atoms with Crippen molar-refractivity contribution < 1.29 is 13.3 Å².